The lowest BCUT2D eigenvalue weighted by molar-refractivity contribution is -0.124. The Bertz CT molecular complexity index is 286. The molecule has 2 unspecified atom stereocenters. The first-order valence-electron chi connectivity index (χ1n) is 7.70. The maximum atomic E-state index is 12.2. The molecule has 1 heterocycles. The molecule has 0 aromatic rings. The second-order valence-corrected chi connectivity index (χ2v) is 6.27. The van der Waals surface area contributed by atoms with Gasteiger partial charge in [0.05, 0.1) is 6.04 Å². The van der Waals surface area contributed by atoms with Gasteiger partial charge in [0, 0.05) is 6.54 Å². The van der Waals surface area contributed by atoms with Gasteiger partial charge in [-0.05, 0) is 50.0 Å². The normalized spacial score (nSPS) is 29.9. The minimum absolute atomic E-state index is 0.0566. The summed E-state index contributed by atoms with van der Waals surface area (Å²) in [7, 11) is 0. The second-order valence-electron chi connectivity index (χ2n) is 6.27. The topological polar surface area (TPSA) is 41.1 Å². The zero-order valence-electron chi connectivity index (χ0n) is 11.9. The van der Waals surface area contributed by atoms with Crippen molar-refractivity contribution in [1.82, 2.24) is 10.6 Å². The molecule has 18 heavy (non-hydrogen) atoms. The van der Waals surface area contributed by atoms with Gasteiger partial charge in [-0.1, -0.05) is 26.7 Å². The van der Waals surface area contributed by atoms with E-state index >= 15 is 0 Å². The average Bonchev–Trinajstić information content (AvgIpc) is 3.17. The highest BCUT2D eigenvalue weighted by atomic mass is 16.2. The van der Waals surface area contributed by atoms with Crippen molar-refractivity contribution < 1.29 is 4.79 Å². The molecule has 2 atom stereocenters. The molecule has 0 radical (unpaired) electrons. The van der Waals surface area contributed by atoms with Gasteiger partial charge in [0.1, 0.15) is 0 Å². The van der Waals surface area contributed by atoms with Gasteiger partial charge in [-0.2, -0.15) is 0 Å². The van der Waals surface area contributed by atoms with Crippen LogP contribution in [0, 0.1) is 11.3 Å². The highest BCUT2D eigenvalue weighted by molar-refractivity contribution is 5.81. The monoisotopic (exact) mass is 252 g/mol. The van der Waals surface area contributed by atoms with Gasteiger partial charge in [-0.25, -0.2) is 0 Å². The largest absolute Gasteiger partial charge is 0.354 e. The van der Waals surface area contributed by atoms with Crippen LogP contribution >= 0.6 is 0 Å². The molecule has 2 N–H and O–H groups in total. The fourth-order valence-corrected chi connectivity index (χ4v) is 3.19. The Morgan fingerprint density at radius 1 is 1.39 bits per heavy atom. The summed E-state index contributed by atoms with van der Waals surface area (Å²) in [5.74, 6) is 0.961. The van der Waals surface area contributed by atoms with Crippen LogP contribution in [-0.2, 0) is 4.79 Å². The van der Waals surface area contributed by atoms with Crippen molar-refractivity contribution in [3.05, 3.63) is 0 Å². The van der Waals surface area contributed by atoms with Crippen molar-refractivity contribution in [2.75, 3.05) is 13.1 Å². The third-order valence-electron chi connectivity index (χ3n) is 4.78. The summed E-state index contributed by atoms with van der Waals surface area (Å²) in [6.45, 7) is 6.35. The first-order chi connectivity index (χ1) is 8.69. The van der Waals surface area contributed by atoms with Gasteiger partial charge in [-0.3, -0.25) is 4.79 Å². The SMILES string of the molecule is CCCC1(CNC(=O)C2CC(CC)CCN2)CC1. The van der Waals surface area contributed by atoms with E-state index in [-0.39, 0.29) is 11.9 Å². The Morgan fingerprint density at radius 3 is 2.78 bits per heavy atom. The Labute approximate surface area is 111 Å². The van der Waals surface area contributed by atoms with E-state index in [0.29, 0.717) is 5.41 Å². The molecular weight excluding hydrogens is 224 g/mol. The number of rotatable bonds is 6. The summed E-state index contributed by atoms with van der Waals surface area (Å²) in [5.41, 5.74) is 0.462. The summed E-state index contributed by atoms with van der Waals surface area (Å²) in [5, 5.41) is 6.54. The lowest BCUT2D eigenvalue weighted by atomic mass is 9.90. The maximum Gasteiger partial charge on any atom is 0.237 e. The Morgan fingerprint density at radius 2 is 2.17 bits per heavy atom. The number of hydrogen-bond acceptors (Lipinski definition) is 2. The number of carbonyl (C=O) groups is 1. The molecule has 3 nitrogen and oxygen atoms in total. The number of nitrogens with one attached hydrogen (secondary N) is 2. The smallest absolute Gasteiger partial charge is 0.237 e. The van der Waals surface area contributed by atoms with Gasteiger partial charge in [0.2, 0.25) is 5.91 Å². The van der Waals surface area contributed by atoms with Crippen LogP contribution in [0.2, 0.25) is 0 Å². The molecule has 0 bridgehead atoms. The van der Waals surface area contributed by atoms with E-state index in [2.05, 4.69) is 24.5 Å². The third kappa shape index (κ3) is 3.47. The second kappa shape index (κ2) is 6.05. The Kier molecular flexibility index (Phi) is 4.66. The van der Waals surface area contributed by atoms with Crippen LogP contribution in [0.3, 0.4) is 0 Å². The molecular formula is C15H28N2O. The molecule has 1 saturated carbocycles. The maximum absolute atomic E-state index is 12.2. The lowest BCUT2D eigenvalue weighted by Gasteiger charge is -2.29. The van der Waals surface area contributed by atoms with Crippen molar-refractivity contribution in [3.63, 3.8) is 0 Å². The van der Waals surface area contributed by atoms with Gasteiger partial charge in [0.25, 0.3) is 0 Å². The Balaban J connectivity index is 1.74. The van der Waals surface area contributed by atoms with E-state index < -0.39 is 0 Å². The molecule has 2 fully saturated rings. The lowest BCUT2D eigenvalue weighted by Crippen LogP contribution is -2.49. The zero-order chi connectivity index (χ0) is 13.0. The fourth-order valence-electron chi connectivity index (χ4n) is 3.19. The minimum atomic E-state index is 0.0566. The highest BCUT2D eigenvalue weighted by Crippen LogP contribution is 2.48. The van der Waals surface area contributed by atoms with Crippen LogP contribution in [0.15, 0.2) is 0 Å². The minimum Gasteiger partial charge on any atom is -0.354 e. The van der Waals surface area contributed by atoms with Crippen LogP contribution in [0.4, 0.5) is 0 Å². The van der Waals surface area contributed by atoms with Crippen molar-refractivity contribution >= 4 is 5.91 Å². The molecule has 1 saturated heterocycles. The van der Waals surface area contributed by atoms with Crippen LogP contribution in [0.1, 0.15) is 58.8 Å². The van der Waals surface area contributed by atoms with E-state index in [1.54, 1.807) is 0 Å². The first kappa shape index (κ1) is 13.9. The quantitative estimate of drug-likeness (QED) is 0.762. The third-order valence-corrected chi connectivity index (χ3v) is 4.78. The van der Waals surface area contributed by atoms with Crippen molar-refractivity contribution in [1.29, 1.82) is 0 Å². The van der Waals surface area contributed by atoms with Crippen LogP contribution in [0.5, 0.6) is 0 Å². The standard InChI is InChI=1S/C15H28N2O/c1-3-6-15(7-8-15)11-17-14(18)13-10-12(4-2)5-9-16-13/h12-13,16H,3-11H2,1-2H3,(H,17,18). The summed E-state index contributed by atoms with van der Waals surface area (Å²) >= 11 is 0. The summed E-state index contributed by atoms with van der Waals surface area (Å²) < 4.78 is 0. The van der Waals surface area contributed by atoms with Gasteiger partial charge < -0.3 is 10.6 Å². The first-order valence-corrected chi connectivity index (χ1v) is 7.70. The van der Waals surface area contributed by atoms with E-state index in [9.17, 15) is 4.79 Å². The molecule has 3 heteroatoms. The molecule has 2 aliphatic rings. The van der Waals surface area contributed by atoms with Gasteiger partial charge in [0.15, 0.2) is 0 Å². The molecule has 1 aliphatic heterocycles. The van der Waals surface area contributed by atoms with Crippen LogP contribution in [-0.4, -0.2) is 25.0 Å². The molecule has 0 aromatic heterocycles. The van der Waals surface area contributed by atoms with Crippen molar-refractivity contribution in [2.24, 2.45) is 11.3 Å². The van der Waals surface area contributed by atoms with E-state index in [0.717, 1.165) is 25.4 Å². The Hall–Kier alpha value is -0.570. The summed E-state index contributed by atoms with van der Waals surface area (Å²) in [6, 6.07) is 0.0566. The number of amides is 1. The molecule has 1 aliphatic carbocycles. The molecule has 0 aromatic carbocycles. The summed E-state index contributed by atoms with van der Waals surface area (Å²) in [4.78, 5) is 12.2. The van der Waals surface area contributed by atoms with Crippen LogP contribution < -0.4 is 10.6 Å². The van der Waals surface area contributed by atoms with E-state index in [1.807, 2.05) is 0 Å². The fraction of sp³-hybridized carbons (Fsp3) is 0.933. The average molecular weight is 252 g/mol. The predicted octanol–water partition coefficient (Wildman–Crippen LogP) is 2.46. The molecule has 2 rings (SSSR count). The highest BCUT2D eigenvalue weighted by Gasteiger charge is 2.41. The zero-order valence-corrected chi connectivity index (χ0v) is 11.9. The summed E-state index contributed by atoms with van der Waals surface area (Å²) in [6.07, 6.45) is 8.54. The van der Waals surface area contributed by atoms with E-state index in [4.69, 9.17) is 0 Å². The number of piperidine rings is 1. The van der Waals surface area contributed by atoms with Crippen molar-refractivity contribution in [3.8, 4) is 0 Å². The molecule has 1 amide bonds. The number of carbonyl (C=O) groups excluding carboxylic acids is 1. The van der Waals surface area contributed by atoms with Crippen LogP contribution in [0.25, 0.3) is 0 Å². The van der Waals surface area contributed by atoms with Crippen molar-refractivity contribution in [2.45, 2.75) is 64.8 Å². The molecule has 104 valence electrons. The molecule has 0 spiro atoms. The predicted molar refractivity (Wildman–Crippen MR) is 74.4 cm³/mol. The number of hydrogen-bond donors (Lipinski definition) is 2. The van der Waals surface area contributed by atoms with E-state index in [1.165, 1.54) is 38.5 Å². The van der Waals surface area contributed by atoms with Gasteiger partial charge in [-0.15, -0.1) is 0 Å². The van der Waals surface area contributed by atoms with Gasteiger partial charge >= 0.3 is 0 Å².